The van der Waals surface area contributed by atoms with Gasteiger partial charge in [-0.15, -0.1) is 21.5 Å². The van der Waals surface area contributed by atoms with Crippen molar-refractivity contribution >= 4 is 21.4 Å². The second-order valence-electron chi connectivity index (χ2n) is 5.73. The minimum atomic E-state index is -3.49. The maximum Gasteiger partial charge on any atom is 0.250 e. The number of aromatic nitrogens is 2. The molecule has 0 spiro atoms. The van der Waals surface area contributed by atoms with Gasteiger partial charge in [0.05, 0.1) is 5.69 Å². The molecule has 2 heterocycles. The van der Waals surface area contributed by atoms with Gasteiger partial charge in [-0.3, -0.25) is 0 Å². The minimum absolute atomic E-state index is 0.153. The quantitative estimate of drug-likeness (QED) is 0.628. The number of aryl methyl sites for hydroxylation is 2. The van der Waals surface area contributed by atoms with Gasteiger partial charge in [0.25, 0.3) is 0 Å². The number of nitrogens with one attached hydrogen (secondary N) is 1. The van der Waals surface area contributed by atoms with Crippen molar-refractivity contribution in [3.63, 3.8) is 0 Å². The van der Waals surface area contributed by atoms with Crippen LogP contribution in [0.1, 0.15) is 10.4 Å². The van der Waals surface area contributed by atoms with Crippen molar-refractivity contribution in [3.8, 4) is 17.1 Å². The summed E-state index contributed by atoms with van der Waals surface area (Å²) in [4.78, 5) is 0.950. The molecule has 1 N–H and O–H groups in total. The van der Waals surface area contributed by atoms with E-state index >= 15 is 0 Å². The van der Waals surface area contributed by atoms with Gasteiger partial charge in [-0.25, -0.2) is 13.1 Å². The number of ether oxygens (including phenoxy) is 1. The molecule has 0 saturated heterocycles. The number of benzene rings is 1. The van der Waals surface area contributed by atoms with Gasteiger partial charge < -0.3 is 4.74 Å². The fourth-order valence-electron chi connectivity index (χ4n) is 2.23. The Morgan fingerprint density at radius 1 is 1.00 bits per heavy atom. The molecule has 3 aromatic rings. The Kier molecular flexibility index (Phi) is 5.65. The zero-order valence-corrected chi connectivity index (χ0v) is 16.1. The smallest absolute Gasteiger partial charge is 0.250 e. The van der Waals surface area contributed by atoms with E-state index in [1.807, 2.05) is 44.2 Å². The molecule has 3 rings (SSSR count). The lowest BCUT2D eigenvalue weighted by atomic mass is 10.1. The zero-order valence-electron chi connectivity index (χ0n) is 14.5. The molecule has 0 amide bonds. The van der Waals surface area contributed by atoms with Crippen molar-refractivity contribution in [1.82, 2.24) is 14.9 Å². The predicted octanol–water partition coefficient (Wildman–Crippen LogP) is 3.18. The SMILES string of the molecule is Cc1ccc(-c2ccc(OCCNS(=O)(=O)c3ccc(C)s3)nn2)cc1. The molecule has 8 heteroatoms. The van der Waals surface area contributed by atoms with E-state index in [1.165, 1.54) is 16.9 Å². The van der Waals surface area contributed by atoms with Crippen LogP contribution in [0.25, 0.3) is 11.3 Å². The first-order chi connectivity index (χ1) is 12.4. The van der Waals surface area contributed by atoms with Crippen LogP contribution >= 0.6 is 11.3 Å². The van der Waals surface area contributed by atoms with Crippen LogP contribution in [-0.4, -0.2) is 31.8 Å². The fourth-order valence-corrected chi connectivity index (χ4v) is 4.58. The maximum absolute atomic E-state index is 12.1. The molecule has 1 aromatic carbocycles. The molecule has 0 saturated carbocycles. The fraction of sp³-hybridized carbons (Fsp3) is 0.222. The van der Waals surface area contributed by atoms with Crippen LogP contribution in [0, 0.1) is 13.8 Å². The highest BCUT2D eigenvalue weighted by Crippen LogP contribution is 2.20. The third kappa shape index (κ3) is 4.66. The summed E-state index contributed by atoms with van der Waals surface area (Å²) in [6, 6.07) is 14.9. The topological polar surface area (TPSA) is 81.2 Å². The highest BCUT2D eigenvalue weighted by atomic mass is 32.2. The van der Waals surface area contributed by atoms with Crippen LogP contribution in [-0.2, 0) is 10.0 Å². The summed E-state index contributed by atoms with van der Waals surface area (Å²) in [5.74, 6) is 0.354. The largest absolute Gasteiger partial charge is 0.475 e. The summed E-state index contributed by atoms with van der Waals surface area (Å²) in [7, 11) is -3.49. The first-order valence-corrected chi connectivity index (χ1v) is 10.3. The Morgan fingerprint density at radius 2 is 1.77 bits per heavy atom. The lowest BCUT2D eigenvalue weighted by molar-refractivity contribution is 0.307. The molecule has 0 unspecified atom stereocenters. The van der Waals surface area contributed by atoms with E-state index in [1.54, 1.807) is 18.2 Å². The Bertz CT molecular complexity index is 966. The second kappa shape index (κ2) is 7.94. The molecule has 0 bridgehead atoms. The summed E-state index contributed by atoms with van der Waals surface area (Å²) >= 11 is 1.24. The Balaban J connectivity index is 1.51. The Hall–Kier alpha value is -2.29. The number of thiophene rings is 1. The van der Waals surface area contributed by atoms with E-state index in [0.29, 0.717) is 10.1 Å². The first kappa shape index (κ1) is 18.5. The van der Waals surface area contributed by atoms with Gasteiger partial charge in [0.1, 0.15) is 10.8 Å². The summed E-state index contributed by atoms with van der Waals surface area (Å²) in [5.41, 5.74) is 2.92. The Morgan fingerprint density at radius 3 is 2.38 bits per heavy atom. The predicted molar refractivity (Wildman–Crippen MR) is 102 cm³/mol. The number of rotatable bonds is 7. The summed E-state index contributed by atoms with van der Waals surface area (Å²) in [6.45, 7) is 4.22. The van der Waals surface area contributed by atoms with Crippen molar-refractivity contribution in [2.24, 2.45) is 0 Å². The highest BCUT2D eigenvalue weighted by molar-refractivity contribution is 7.91. The molecule has 0 atom stereocenters. The average molecular weight is 390 g/mol. The van der Waals surface area contributed by atoms with Crippen LogP contribution < -0.4 is 9.46 Å². The van der Waals surface area contributed by atoms with Crippen LogP contribution in [0.5, 0.6) is 5.88 Å². The molecule has 26 heavy (non-hydrogen) atoms. The molecule has 2 aromatic heterocycles. The number of nitrogens with zero attached hydrogens (tertiary/aromatic N) is 2. The summed E-state index contributed by atoms with van der Waals surface area (Å²) < 4.78 is 32.5. The van der Waals surface area contributed by atoms with E-state index in [4.69, 9.17) is 4.74 Å². The summed E-state index contributed by atoms with van der Waals surface area (Å²) in [5, 5.41) is 8.17. The Labute approximate surface area is 156 Å². The molecule has 0 aliphatic heterocycles. The van der Waals surface area contributed by atoms with Crippen molar-refractivity contribution in [3.05, 3.63) is 59.0 Å². The van der Waals surface area contributed by atoms with E-state index in [9.17, 15) is 8.42 Å². The summed E-state index contributed by atoms with van der Waals surface area (Å²) in [6.07, 6.45) is 0. The van der Waals surface area contributed by atoms with Crippen LogP contribution in [0.4, 0.5) is 0 Å². The van der Waals surface area contributed by atoms with Crippen molar-refractivity contribution in [2.75, 3.05) is 13.2 Å². The lowest BCUT2D eigenvalue weighted by Crippen LogP contribution is -2.27. The van der Waals surface area contributed by atoms with E-state index < -0.39 is 10.0 Å². The van der Waals surface area contributed by atoms with Gasteiger partial charge in [0, 0.05) is 23.1 Å². The van der Waals surface area contributed by atoms with E-state index in [2.05, 4.69) is 14.9 Å². The third-order valence-corrected chi connectivity index (χ3v) is 6.57. The normalized spacial score (nSPS) is 11.5. The van der Waals surface area contributed by atoms with Gasteiger partial charge in [-0.05, 0) is 32.0 Å². The van der Waals surface area contributed by atoms with Crippen molar-refractivity contribution < 1.29 is 13.2 Å². The monoisotopic (exact) mass is 389 g/mol. The van der Waals surface area contributed by atoms with Crippen LogP contribution in [0.2, 0.25) is 0 Å². The molecule has 0 radical (unpaired) electrons. The minimum Gasteiger partial charge on any atom is -0.475 e. The molecular formula is C18H19N3O3S2. The molecular weight excluding hydrogens is 370 g/mol. The second-order valence-corrected chi connectivity index (χ2v) is 9.02. The lowest BCUT2D eigenvalue weighted by Gasteiger charge is -2.07. The average Bonchev–Trinajstić information content (AvgIpc) is 3.07. The molecule has 6 nitrogen and oxygen atoms in total. The van der Waals surface area contributed by atoms with Gasteiger partial charge >= 0.3 is 0 Å². The number of sulfonamides is 1. The van der Waals surface area contributed by atoms with E-state index in [0.717, 1.165) is 16.1 Å². The molecule has 0 fully saturated rings. The zero-order chi connectivity index (χ0) is 18.6. The van der Waals surface area contributed by atoms with Gasteiger partial charge in [-0.2, -0.15) is 0 Å². The number of hydrogen-bond acceptors (Lipinski definition) is 6. The van der Waals surface area contributed by atoms with Gasteiger partial charge in [0.15, 0.2) is 0 Å². The third-order valence-electron chi connectivity index (χ3n) is 3.61. The van der Waals surface area contributed by atoms with Crippen molar-refractivity contribution in [1.29, 1.82) is 0 Å². The molecule has 136 valence electrons. The van der Waals surface area contributed by atoms with Crippen molar-refractivity contribution in [2.45, 2.75) is 18.1 Å². The van der Waals surface area contributed by atoms with Gasteiger partial charge in [-0.1, -0.05) is 29.8 Å². The van der Waals surface area contributed by atoms with Crippen LogP contribution in [0.15, 0.2) is 52.7 Å². The molecule has 0 aliphatic rings. The van der Waals surface area contributed by atoms with E-state index in [-0.39, 0.29) is 13.2 Å². The standard InChI is InChI=1S/C18H19N3O3S2/c1-13-3-6-15(7-4-13)16-8-9-17(21-20-16)24-12-11-19-26(22,23)18-10-5-14(2)25-18/h3-10,19H,11-12H2,1-2H3. The number of hydrogen-bond donors (Lipinski definition) is 1. The van der Waals surface area contributed by atoms with Gasteiger partial charge in [0.2, 0.25) is 15.9 Å². The first-order valence-electron chi connectivity index (χ1n) is 8.04. The molecule has 0 aliphatic carbocycles. The maximum atomic E-state index is 12.1. The van der Waals surface area contributed by atoms with Crippen LogP contribution in [0.3, 0.4) is 0 Å². The highest BCUT2D eigenvalue weighted by Gasteiger charge is 2.15.